The van der Waals surface area contributed by atoms with Crippen molar-refractivity contribution < 1.29 is 19.7 Å². The highest BCUT2D eigenvalue weighted by molar-refractivity contribution is 5.40. The summed E-state index contributed by atoms with van der Waals surface area (Å²) in [6, 6.07) is 8.05. The topological polar surface area (TPSA) is 58.9 Å². The normalized spacial score (nSPS) is 15.0. The van der Waals surface area contributed by atoms with Crippen LogP contribution in [0.15, 0.2) is 47.7 Å². The standard InChI is InChI=1S/C19H26O4/c1-19(2,15-3-7-17(8-4-15)22-13-11-20)16-5-9-18(10-6-16)23-14-12-21/h3-5,7-9,20-21H,6,10-14H2,1-2H3. The van der Waals surface area contributed by atoms with Crippen LogP contribution in [0, 0.1) is 0 Å². The summed E-state index contributed by atoms with van der Waals surface area (Å²) in [6.45, 7) is 5.17. The van der Waals surface area contributed by atoms with Crippen molar-refractivity contribution in [1.29, 1.82) is 0 Å². The molecule has 1 aromatic rings. The Hall–Kier alpha value is -1.78. The van der Waals surface area contributed by atoms with Gasteiger partial charge in [-0.05, 0) is 30.2 Å². The number of aliphatic hydroxyl groups is 2. The first-order valence-electron chi connectivity index (χ1n) is 8.06. The molecule has 0 aliphatic heterocycles. The summed E-state index contributed by atoms with van der Waals surface area (Å²) < 4.78 is 10.9. The highest BCUT2D eigenvalue weighted by atomic mass is 16.5. The van der Waals surface area contributed by atoms with Gasteiger partial charge in [-0.25, -0.2) is 0 Å². The quantitative estimate of drug-likeness (QED) is 0.774. The molecule has 0 aromatic heterocycles. The molecule has 0 unspecified atom stereocenters. The zero-order chi connectivity index (χ0) is 16.7. The van der Waals surface area contributed by atoms with E-state index in [0.717, 1.165) is 24.4 Å². The van der Waals surface area contributed by atoms with Gasteiger partial charge in [-0.2, -0.15) is 0 Å². The lowest BCUT2D eigenvalue weighted by Crippen LogP contribution is -2.22. The van der Waals surface area contributed by atoms with E-state index < -0.39 is 0 Å². The summed E-state index contributed by atoms with van der Waals surface area (Å²) in [5.74, 6) is 1.71. The van der Waals surface area contributed by atoms with Gasteiger partial charge >= 0.3 is 0 Å². The van der Waals surface area contributed by atoms with Crippen molar-refractivity contribution in [3.8, 4) is 5.75 Å². The molecule has 23 heavy (non-hydrogen) atoms. The Balaban J connectivity index is 2.09. The minimum atomic E-state index is -0.0610. The van der Waals surface area contributed by atoms with Crippen LogP contribution in [0.3, 0.4) is 0 Å². The van der Waals surface area contributed by atoms with Gasteiger partial charge in [0.05, 0.1) is 19.0 Å². The highest BCUT2D eigenvalue weighted by Gasteiger charge is 2.26. The Morgan fingerprint density at radius 3 is 2.13 bits per heavy atom. The molecular weight excluding hydrogens is 292 g/mol. The Bertz CT molecular complexity index is 555. The summed E-state index contributed by atoms with van der Waals surface area (Å²) >= 11 is 0. The van der Waals surface area contributed by atoms with E-state index in [1.54, 1.807) is 0 Å². The van der Waals surface area contributed by atoms with Crippen molar-refractivity contribution in [2.45, 2.75) is 32.1 Å². The lowest BCUT2D eigenvalue weighted by molar-refractivity contribution is 0.138. The molecule has 0 bridgehead atoms. The minimum Gasteiger partial charge on any atom is -0.496 e. The first kappa shape index (κ1) is 17.6. The fraction of sp³-hybridized carbons (Fsp3) is 0.474. The van der Waals surface area contributed by atoms with Crippen LogP contribution in [0.25, 0.3) is 0 Å². The summed E-state index contributed by atoms with van der Waals surface area (Å²) in [7, 11) is 0. The molecule has 0 saturated carbocycles. The van der Waals surface area contributed by atoms with E-state index in [9.17, 15) is 0 Å². The van der Waals surface area contributed by atoms with E-state index in [4.69, 9.17) is 19.7 Å². The molecule has 0 fully saturated rings. The van der Waals surface area contributed by atoms with Gasteiger partial charge in [0.15, 0.2) is 0 Å². The van der Waals surface area contributed by atoms with Crippen molar-refractivity contribution >= 4 is 0 Å². The molecule has 4 heteroatoms. The molecule has 0 atom stereocenters. The maximum atomic E-state index is 8.81. The van der Waals surface area contributed by atoms with E-state index in [0.29, 0.717) is 13.2 Å². The number of benzene rings is 1. The minimum absolute atomic E-state index is 0.0210. The zero-order valence-corrected chi connectivity index (χ0v) is 13.9. The van der Waals surface area contributed by atoms with Gasteiger partial charge in [-0.15, -0.1) is 0 Å². The smallest absolute Gasteiger partial charge is 0.119 e. The van der Waals surface area contributed by atoms with Crippen molar-refractivity contribution in [2.75, 3.05) is 26.4 Å². The number of hydrogen-bond donors (Lipinski definition) is 2. The van der Waals surface area contributed by atoms with Crippen LogP contribution in [0.5, 0.6) is 5.75 Å². The molecule has 0 amide bonds. The van der Waals surface area contributed by atoms with Crippen molar-refractivity contribution in [2.24, 2.45) is 0 Å². The Morgan fingerprint density at radius 2 is 1.57 bits per heavy atom. The predicted molar refractivity (Wildman–Crippen MR) is 90.5 cm³/mol. The Labute approximate surface area is 138 Å². The van der Waals surface area contributed by atoms with Gasteiger partial charge in [0.2, 0.25) is 0 Å². The third kappa shape index (κ3) is 4.60. The van der Waals surface area contributed by atoms with E-state index in [2.05, 4.69) is 32.1 Å². The zero-order valence-electron chi connectivity index (χ0n) is 13.9. The lowest BCUT2D eigenvalue weighted by atomic mass is 9.74. The van der Waals surface area contributed by atoms with Crippen LogP contribution in [0.1, 0.15) is 32.3 Å². The van der Waals surface area contributed by atoms with Gasteiger partial charge in [0.25, 0.3) is 0 Å². The van der Waals surface area contributed by atoms with Gasteiger partial charge in [0, 0.05) is 11.8 Å². The number of ether oxygens (including phenoxy) is 2. The second-order valence-corrected chi connectivity index (χ2v) is 6.12. The molecule has 2 N–H and O–H groups in total. The average molecular weight is 318 g/mol. The monoisotopic (exact) mass is 318 g/mol. The van der Waals surface area contributed by atoms with Crippen molar-refractivity contribution in [1.82, 2.24) is 0 Å². The number of hydrogen-bond acceptors (Lipinski definition) is 4. The molecule has 1 aliphatic rings. The second-order valence-electron chi connectivity index (χ2n) is 6.12. The number of aliphatic hydroxyl groups excluding tert-OH is 2. The summed E-state index contributed by atoms with van der Waals surface area (Å²) in [6.07, 6.45) is 5.96. The molecule has 126 valence electrons. The van der Waals surface area contributed by atoms with Crippen LogP contribution in [0.4, 0.5) is 0 Å². The Kier molecular flexibility index (Phi) is 6.25. The Morgan fingerprint density at radius 1 is 0.913 bits per heavy atom. The van der Waals surface area contributed by atoms with Gasteiger partial charge in [-0.1, -0.05) is 37.6 Å². The largest absolute Gasteiger partial charge is 0.496 e. The van der Waals surface area contributed by atoms with Crippen molar-refractivity contribution in [3.05, 3.63) is 53.3 Å². The second kappa shape index (κ2) is 8.18. The van der Waals surface area contributed by atoms with Crippen molar-refractivity contribution in [3.63, 3.8) is 0 Å². The maximum absolute atomic E-state index is 8.81. The molecule has 0 radical (unpaired) electrons. The third-order valence-corrected chi connectivity index (χ3v) is 4.23. The maximum Gasteiger partial charge on any atom is 0.119 e. The van der Waals surface area contributed by atoms with Gasteiger partial charge in [-0.3, -0.25) is 0 Å². The molecule has 0 heterocycles. The highest BCUT2D eigenvalue weighted by Crippen LogP contribution is 2.37. The third-order valence-electron chi connectivity index (χ3n) is 4.23. The fourth-order valence-corrected chi connectivity index (χ4v) is 2.75. The van der Waals surface area contributed by atoms with Gasteiger partial charge < -0.3 is 19.7 Å². The van der Waals surface area contributed by atoms with E-state index in [1.165, 1.54) is 11.1 Å². The van der Waals surface area contributed by atoms with Crippen LogP contribution in [-0.4, -0.2) is 36.6 Å². The van der Waals surface area contributed by atoms with Crippen LogP contribution >= 0.6 is 0 Å². The lowest BCUT2D eigenvalue weighted by Gasteiger charge is -2.31. The molecule has 1 aliphatic carbocycles. The SMILES string of the molecule is CC(C)(C1=CC=C(OCCO)CC1)c1ccc(OCCO)cc1. The summed E-state index contributed by atoms with van der Waals surface area (Å²) in [4.78, 5) is 0. The van der Waals surface area contributed by atoms with Crippen LogP contribution in [-0.2, 0) is 10.2 Å². The molecule has 0 saturated heterocycles. The average Bonchev–Trinajstić information content (AvgIpc) is 2.59. The van der Waals surface area contributed by atoms with E-state index in [-0.39, 0.29) is 18.6 Å². The number of allylic oxidation sites excluding steroid dienone is 4. The molecule has 4 nitrogen and oxygen atoms in total. The molecule has 1 aromatic carbocycles. The number of rotatable bonds is 8. The first-order chi connectivity index (χ1) is 11.1. The van der Waals surface area contributed by atoms with Crippen LogP contribution < -0.4 is 4.74 Å². The van der Waals surface area contributed by atoms with Crippen LogP contribution in [0.2, 0.25) is 0 Å². The molecule has 0 spiro atoms. The van der Waals surface area contributed by atoms with E-state index in [1.807, 2.05) is 18.2 Å². The fourth-order valence-electron chi connectivity index (χ4n) is 2.75. The summed E-state index contributed by atoms with van der Waals surface area (Å²) in [5.41, 5.74) is 2.53. The summed E-state index contributed by atoms with van der Waals surface area (Å²) in [5, 5.41) is 17.6. The van der Waals surface area contributed by atoms with E-state index >= 15 is 0 Å². The van der Waals surface area contributed by atoms with Gasteiger partial charge in [0.1, 0.15) is 19.0 Å². The molecule has 2 rings (SSSR count). The molecular formula is C19H26O4. The first-order valence-corrected chi connectivity index (χ1v) is 8.06. The predicted octanol–water partition coefficient (Wildman–Crippen LogP) is 2.95.